The first-order valence-electron chi connectivity index (χ1n) is 10.2. The average molecular weight is 461 g/mol. The predicted molar refractivity (Wildman–Crippen MR) is 118 cm³/mol. The highest BCUT2D eigenvalue weighted by atomic mass is 35.5. The summed E-state index contributed by atoms with van der Waals surface area (Å²) in [6, 6.07) is 9.71. The second-order valence-corrected chi connectivity index (χ2v) is 7.98. The van der Waals surface area contributed by atoms with Crippen LogP contribution in [0, 0.1) is 5.82 Å². The molecule has 2 N–H and O–H groups in total. The molecule has 4 amide bonds. The number of anilines is 3. The van der Waals surface area contributed by atoms with Crippen molar-refractivity contribution in [2.45, 2.75) is 18.9 Å². The molecule has 2 aromatic rings. The van der Waals surface area contributed by atoms with Crippen LogP contribution in [0.4, 0.5) is 26.2 Å². The molecule has 32 heavy (non-hydrogen) atoms. The maximum absolute atomic E-state index is 14.7. The number of nitrogens with zero attached hydrogens (tertiary/aromatic N) is 2. The Kier molecular flexibility index (Phi) is 6.57. The van der Waals surface area contributed by atoms with Crippen LogP contribution < -0.4 is 15.5 Å². The maximum Gasteiger partial charge on any atom is 0.322 e. The van der Waals surface area contributed by atoms with Gasteiger partial charge in [0.2, 0.25) is 5.91 Å². The van der Waals surface area contributed by atoms with Crippen LogP contribution in [0.15, 0.2) is 42.5 Å². The third-order valence-electron chi connectivity index (χ3n) is 5.42. The molecular weight excluding hydrogens is 439 g/mol. The molecule has 2 saturated heterocycles. The largest absolute Gasteiger partial charge is 0.370 e. The number of halogens is 2. The van der Waals surface area contributed by atoms with Crippen molar-refractivity contribution < 1.29 is 23.5 Å². The normalized spacial score (nSPS) is 18.6. The first-order valence-corrected chi connectivity index (χ1v) is 10.6. The number of benzene rings is 2. The zero-order valence-corrected chi connectivity index (χ0v) is 17.9. The summed E-state index contributed by atoms with van der Waals surface area (Å²) in [5.41, 5.74) is 0.952. The van der Waals surface area contributed by atoms with Gasteiger partial charge in [0.15, 0.2) is 0 Å². The van der Waals surface area contributed by atoms with Gasteiger partial charge in [-0.15, -0.1) is 0 Å². The molecule has 0 bridgehead atoms. The molecule has 0 aliphatic carbocycles. The number of carbonyl (C=O) groups excluding carboxylic acids is 3. The van der Waals surface area contributed by atoms with Crippen molar-refractivity contribution in [1.29, 1.82) is 0 Å². The maximum atomic E-state index is 14.7. The molecule has 0 spiro atoms. The van der Waals surface area contributed by atoms with Crippen LogP contribution in [-0.4, -0.2) is 55.1 Å². The number of nitrogens with one attached hydrogen (secondary N) is 2. The minimum atomic E-state index is -0.720. The lowest BCUT2D eigenvalue weighted by Crippen LogP contribution is -2.45. The number of carbonyl (C=O) groups is 3. The SMILES string of the molecule is O=C(Nc1ccc(N2CCOCC2=O)cc1F)C1CCCN1C(=O)Nc1ccc(Cl)cc1. The van der Waals surface area contributed by atoms with Crippen LogP contribution in [0.25, 0.3) is 0 Å². The van der Waals surface area contributed by atoms with Crippen molar-refractivity contribution in [3.8, 4) is 0 Å². The van der Waals surface area contributed by atoms with E-state index >= 15 is 0 Å². The van der Waals surface area contributed by atoms with Gasteiger partial charge in [-0.1, -0.05) is 11.6 Å². The minimum Gasteiger partial charge on any atom is -0.370 e. The fraction of sp³-hybridized carbons (Fsp3) is 0.318. The number of likely N-dealkylation sites (tertiary alicyclic amines) is 1. The molecule has 2 aliphatic heterocycles. The van der Waals surface area contributed by atoms with E-state index in [0.717, 1.165) is 0 Å². The Morgan fingerprint density at radius 3 is 2.59 bits per heavy atom. The molecule has 2 aliphatic rings. The van der Waals surface area contributed by atoms with Crippen LogP contribution in [0.3, 0.4) is 0 Å². The molecule has 1 unspecified atom stereocenters. The van der Waals surface area contributed by atoms with E-state index in [1.54, 1.807) is 30.3 Å². The van der Waals surface area contributed by atoms with Crippen LogP contribution in [0.2, 0.25) is 5.02 Å². The minimum absolute atomic E-state index is 0.00980. The van der Waals surface area contributed by atoms with Gasteiger partial charge >= 0.3 is 6.03 Å². The molecule has 2 heterocycles. The molecule has 0 radical (unpaired) electrons. The van der Waals surface area contributed by atoms with Gasteiger partial charge in [-0.25, -0.2) is 9.18 Å². The lowest BCUT2D eigenvalue weighted by atomic mass is 10.2. The van der Waals surface area contributed by atoms with Crippen molar-refractivity contribution in [3.05, 3.63) is 53.3 Å². The Bertz CT molecular complexity index is 1030. The standard InChI is InChI=1S/C22H22ClFN4O4/c23-14-3-5-15(6-4-14)25-22(31)28-9-1-2-19(28)21(30)26-18-8-7-16(12-17(18)24)27-10-11-32-13-20(27)29/h3-8,12,19H,1-2,9-11,13H2,(H,25,31)(H,26,30). The Hall–Kier alpha value is -3.17. The van der Waals surface area contributed by atoms with E-state index < -0.39 is 23.8 Å². The summed E-state index contributed by atoms with van der Waals surface area (Å²) in [6.07, 6.45) is 1.13. The van der Waals surface area contributed by atoms with E-state index in [1.165, 1.54) is 21.9 Å². The Balaban J connectivity index is 1.41. The molecule has 8 nitrogen and oxygen atoms in total. The zero-order valence-electron chi connectivity index (χ0n) is 17.1. The van der Waals surface area contributed by atoms with Crippen LogP contribution in [0.5, 0.6) is 0 Å². The highest BCUT2D eigenvalue weighted by Gasteiger charge is 2.34. The number of rotatable bonds is 4. The van der Waals surface area contributed by atoms with Gasteiger partial charge < -0.3 is 25.2 Å². The molecule has 168 valence electrons. The summed E-state index contributed by atoms with van der Waals surface area (Å²) >= 11 is 5.86. The summed E-state index contributed by atoms with van der Waals surface area (Å²) < 4.78 is 19.8. The van der Waals surface area contributed by atoms with Crippen molar-refractivity contribution in [3.63, 3.8) is 0 Å². The monoisotopic (exact) mass is 460 g/mol. The Morgan fingerprint density at radius 2 is 1.88 bits per heavy atom. The predicted octanol–water partition coefficient (Wildman–Crippen LogP) is 3.48. The summed E-state index contributed by atoms with van der Waals surface area (Å²) in [6.45, 7) is 1.08. The van der Waals surface area contributed by atoms with Gasteiger partial charge in [0, 0.05) is 29.5 Å². The Labute approximate surface area is 189 Å². The number of ether oxygens (including phenoxy) is 1. The van der Waals surface area contributed by atoms with Gasteiger partial charge in [-0.3, -0.25) is 9.59 Å². The summed E-state index contributed by atoms with van der Waals surface area (Å²) in [5.74, 6) is -1.38. The van der Waals surface area contributed by atoms with Crippen molar-refractivity contribution >= 4 is 46.5 Å². The van der Waals surface area contributed by atoms with Gasteiger partial charge in [-0.2, -0.15) is 0 Å². The van der Waals surface area contributed by atoms with E-state index in [2.05, 4.69) is 10.6 Å². The molecule has 1 atom stereocenters. The number of urea groups is 1. The fourth-order valence-corrected chi connectivity index (χ4v) is 3.92. The molecule has 0 aromatic heterocycles. The van der Waals surface area contributed by atoms with Crippen molar-refractivity contribution in [1.82, 2.24) is 4.90 Å². The van der Waals surface area contributed by atoms with Gasteiger partial charge in [0.1, 0.15) is 18.5 Å². The summed E-state index contributed by atoms with van der Waals surface area (Å²) in [7, 11) is 0. The molecule has 2 fully saturated rings. The van der Waals surface area contributed by atoms with Gasteiger partial charge in [0.25, 0.3) is 5.91 Å². The van der Waals surface area contributed by atoms with E-state index in [9.17, 15) is 18.8 Å². The van der Waals surface area contributed by atoms with E-state index in [1.807, 2.05) is 0 Å². The summed E-state index contributed by atoms with van der Waals surface area (Å²) in [5, 5.41) is 5.86. The van der Waals surface area contributed by atoms with Crippen molar-refractivity contribution in [2.24, 2.45) is 0 Å². The van der Waals surface area contributed by atoms with Gasteiger partial charge in [-0.05, 0) is 55.3 Å². The number of morpholine rings is 1. The van der Waals surface area contributed by atoms with E-state index in [4.69, 9.17) is 16.3 Å². The lowest BCUT2D eigenvalue weighted by molar-refractivity contribution is -0.125. The average Bonchev–Trinajstić information content (AvgIpc) is 3.27. The molecule has 0 saturated carbocycles. The second kappa shape index (κ2) is 9.54. The second-order valence-electron chi connectivity index (χ2n) is 7.54. The van der Waals surface area contributed by atoms with Crippen LogP contribution in [0.1, 0.15) is 12.8 Å². The summed E-state index contributed by atoms with van der Waals surface area (Å²) in [4.78, 5) is 40.3. The Morgan fingerprint density at radius 1 is 1.09 bits per heavy atom. The number of hydrogen-bond donors (Lipinski definition) is 2. The van der Waals surface area contributed by atoms with E-state index in [0.29, 0.717) is 48.9 Å². The lowest BCUT2D eigenvalue weighted by Gasteiger charge is -2.27. The van der Waals surface area contributed by atoms with E-state index in [-0.39, 0.29) is 18.2 Å². The first kappa shape index (κ1) is 22.0. The number of hydrogen-bond acceptors (Lipinski definition) is 4. The molecule has 2 aromatic carbocycles. The number of amides is 4. The highest BCUT2D eigenvalue weighted by molar-refractivity contribution is 6.30. The molecule has 4 rings (SSSR count). The topological polar surface area (TPSA) is 91.0 Å². The van der Waals surface area contributed by atoms with Crippen LogP contribution in [-0.2, 0) is 14.3 Å². The highest BCUT2D eigenvalue weighted by Crippen LogP contribution is 2.26. The smallest absolute Gasteiger partial charge is 0.322 e. The zero-order chi connectivity index (χ0) is 22.7. The fourth-order valence-electron chi connectivity index (χ4n) is 3.79. The van der Waals surface area contributed by atoms with Gasteiger partial charge in [0.05, 0.1) is 12.3 Å². The van der Waals surface area contributed by atoms with Crippen molar-refractivity contribution in [2.75, 3.05) is 41.8 Å². The molecular formula is C22H22ClFN4O4. The third-order valence-corrected chi connectivity index (χ3v) is 5.67. The first-order chi connectivity index (χ1) is 15.4. The quantitative estimate of drug-likeness (QED) is 0.730. The van der Waals surface area contributed by atoms with Crippen LogP contribution >= 0.6 is 11.6 Å². The third kappa shape index (κ3) is 4.84. The molecule has 10 heteroatoms.